The number of hydrogen-bond donors (Lipinski definition) is 1. The van der Waals surface area contributed by atoms with Gasteiger partial charge in [-0.1, -0.05) is 0 Å². The summed E-state index contributed by atoms with van der Waals surface area (Å²) in [6, 6.07) is 6.69. The minimum Gasteiger partial charge on any atom is -0.508 e. The summed E-state index contributed by atoms with van der Waals surface area (Å²) >= 11 is 3.34. The van der Waals surface area contributed by atoms with Gasteiger partial charge >= 0.3 is 0 Å². The lowest BCUT2D eigenvalue weighted by Gasteiger charge is -1.94. The van der Waals surface area contributed by atoms with Gasteiger partial charge in [0.1, 0.15) is 11.3 Å². The maximum absolute atomic E-state index is 9.35. The highest BCUT2D eigenvalue weighted by molar-refractivity contribution is 9.10. The highest BCUT2D eigenvalue weighted by Gasteiger charge is 2.09. The number of aromatic hydroxyl groups is 1. The van der Waals surface area contributed by atoms with Gasteiger partial charge < -0.3 is 9.52 Å². The minimum absolute atomic E-state index is 0.171. The molecule has 2 aromatic heterocycles. The van der Waals surface area contributed by atoms with Crippen molar-refractivity contribution < 1.29 is 9.52 Å². The molecule has 84 valence electrons. The molecule has 1 N–H and O–H groups in total. The molecule has 2 heterocycles. The van der Waals surface area contributed by atoms with Crippen molar-refractivity contribution in [3.8, 4) is 17.2 Å². The minimum atomic E-state index is 0.171. The zero-order valence-corrected chi connectivity index (χ0v) is 10.2. The van der Waals surface area contributed by atoms with E-state index >= 15 is 0 Å². The molecular formula is C12H7BrN2O2. The largest absolute Gasteiger partial charge is 0.508 e. The summed E-state index contributed by atoms with van der Waals surface area (Å²) < 4.78 is 6.44. The van der Waals surface area contributed by atoms with Crippen molar-refractivity contribution >= 4 is 27.0 Å². The molecule has 0 aliphatic rings. The molecule has 0 unspecified atom stereocenters. The van der Waals surface area contributed by atoms with E-state index in [0.29, 0.717) is 17.0 Å². The molecule has 3 aromatic rings. The Bertz CT molecular complexity index is 694. The van der Waals surface area contributed by atoms with E-state index in [4.69, 9.17) is 4.42 Å². The van der Waals surface area contributed by atoms with Crippen LogP contribution in [0.3, 0.4) is 0 Å². The van der Waals surface area contributed by atoms with Crippen LogP contribution in [0.2, 0.25) is 0 Å². The first kappa shape index (κ1) is 10.3. The fourth-order valence-electron chi connectivity index (χ4n) is 1.57. The monoisotopic (exact) mass is 290 g/mol. The number of hydrogen-bond acceptors (Lipinski definition) is 4. The van der Waals surface area contributed by atoms with Gasteiger partial charge in [-0.2, -0.15) is 0 Å². The standard InChI is InChI=1S/C12H7BrN2O2/c13-8-3-7(5-14-6-8)12-15-10-4-9(16)1-2-11(10)17-12/h1-6,16H. The number of fused-ring (bicyclic) bond motifs is 1. The van der Waals surface area contributed by atoms with Crippen LogP contribution in [-0.4, -0.2) is 15.1 Å². The molecule has 0 aliphatic carbocycles. The van der Waals surface area contributed by atoms with Crippen molar-refractivity contribution in [1.29, 1.82) is 0 Å². The molecule has 0 bridgehead atoms. The zero-order chi connectivity index (χ0) is 11.8. The molecule has 17 heavy (non-hydrogen) atoms. The number of nitrogens with zero attached hydrogens (tertiary/aromatic N) is 2. The second-order valence-corrected chi connectivity index (χ2v) is 4.48. The lowest BCUT2D eigenvalue weighted by molar-refractivity contribution is 0.476. The summed E-state index contributed by atoms with van der Waals surface area (Å²) in [5.41, 5.74) is 2.05. The Balaban J connectivity index is 2.18. The molecule has 4 nitrogen and oxygen atoms in total. The van der Waals surface area contributed by atoms with Crippen molar-refractivity contribution in [2.75, 3.05) is 0 Å². The van der Waals surface area contributed by atoms with Crippen molar-refractivity contribution in [3.05, 3.63) is 41.1 Å². The quantitative estimate of drug-likeness (QED) is 0.747. The van der Waals surface area contributed by atoms with Crippen LogP contribution in [0.25, 0.3) is 22.6 Å². The Morgan fingerprint density at radius 2 is 2.06 bits per heavy atom. The van der Waals surface area contributed by atoms with E-state index in [1.165, 1.54) is 0 Å². The predicted octanol–water partition coefficient (Wildman–Crippen LogP) is 3.36. The Hall–Kier alpha value is -1.88. The molecule has 0 saturated heterocycles. The van der Waals surface area contributed by atoms with Gasteiger partial charge in [-0.15, -0.1) is 0 Å². The van der Waals surface area contributed by atoms with Crippen LogP contribution in [-0.2, 0) is 0 Å². The van der Waals surface area contributed by atoms with E-state index in [1.807, 2.05) is 6.07 Å². The van der Waals surface area contributed by atoms with Crippen LogP contribution in [0.5, 0.6) is 5.75 Å². The molecule has 5 heteroatoms. The third-order valence-corrected chi connectivity index (χ3v) is 2.76. The first-order valence-electron chi connectivity index (χ1n) is 4.93. The van der Waals surface area contributed by atoms with Gasteiger partial charge in [0.25, 0.3) is 0 Å². The molecular weight excluding hydrogens is 284 g/mol. The zero-order valence-electron chi connectivity index (χ0n) is 8.59. The number of oxazole rings is 1. The van der Waals surface area contributed by atoms with Gasteiger partial charge in [0.15, 0.2) is 5.58 Å². The maximum Gasteiger partial charge on any atom is 0.228 e. The van der Waals surface area contributed by atoms with Crippen LogP contribution >= 0.6 is 15.9 Å². The lowest BCUT2D eigenvalue weighted by Crippen LogP contribution is -1.79. The third-order valence-electron chi connectivity index (χ3n) is 2.32. The molecule has 3 rings (SSSR count). The number of pyridine rings is 1. The van der Waals surface area contributed by atoms with Crippen molar-refractivity contribution in [3.63, 3.8) is 0 Å². The maximum atomic E-state index is 9.35. The summed E-state index contributed by atoms with van der Waals surface area (Å²) in [4.78, 5) is 8.35. The van der Waals surface area contributed by atoms with E-state index in [1.54, 1.807) is 30.6 Å². The number of aromatic nitrogens is 2. The molecule has 0 aliphatic heterocycles. The molecule has 0 radical (unpaired) electrons. The van der Waals surface area contributed by atoms with Crippen LogP contribution in [0.15, 0.2) is 45.5 Å². The first-order valence-corrected chi connectivity index (χ1v) is 5.72. The van der Waals surface area contributed by atoms with E-state index in [9.17, 15) is 5.11 Å². The molecule has 0 spiro atoms. The van der Waals surface area contributed by atoms with Crippen LogP contribution in [0, 0.1) is 0 Å². The van der Waals surface area contributed by atoms with E-state index in [2.05, 4.69) is 25.9 Å². The average Bonchev–Trinajstić information content (AvgIpc) is 2.72. The van der Waals surface area contributed by atoms with Crippen molar-refractivity contribution in [2.24, 2.45) is 0 Å². The number of rotatable bonds is 1. The Kier molecular flexibility index (Phi) is 2.33. The second-order valence-electron chi connectivity index (χ2n) is 3.56. The molecule has 0 atom stereocenters. The van der Waals surface area contributed by atoms with Gasteiger partial charge in [-0.3, -0.25) is 4.98 Å². The number of halogens is 1. The highest BCUT2D eigenvalue weighted by Crippen LogP contribution is 2.27. The lowest BCUT2D eigenvalue weighted by atomic mass is 10.3. The highest BCUT2D eigenvalue weighted by atomic mass is 79.9. The Morgan fingerprint density at radius 1 is 1.18 bits per heavy atom. The van der Waals surface area contributed by atoms with Gasteiger partial charge in [0, 0.05) is 22.9 Å². The summed E-state index contributed by atoms with van der Waals surface area (Å²) in [7, 11) is 0. The fraction of sp³-hybridized carbons (Fsp3) is 0. The SMILES string of the molecule is Oc1ccc2oc(-c3cncc(Br)c3)nc2c1. The predicted molar refractivity (Wildman–Crippen MR) is 66.6 cm³/mol. The van der Waals surface area contributed by atoms with Crippen LogP contribution in [0.1, 0.15) is 0 Å². The first-order chi connectivity index (χ1) is 8.22. The second kappa shape index (κ2) is 3.85. The molecule has 0 fully saturated rings. The Morgan fingerprint density at radius 3 is 2.88 bits per heavy atom. The van der Waals surface area contributed by atoms with Gasteiger partial charge in [0.2, 0.25) is 5.89 Å². The van der Waals surface area contributed by atoms with Crippen LogP contribution < -0.4 is 0 Å². The van der Waals surface area contributed by atoms with Gasteiger partial charge in [0.05, 0.1) is 5.56 Å². The number of benzene rings is 1. The fourth-order valence-corrected chi connectivity index (χ4v) is 1.93. The number of phenolic OH excluding ortho intramolecular Hbond substituents is 1. The van der Waals surface area contributed by atoms with Gasteiger partial charge in [-0.25, -0.2) is 4.98 Å². The van der Waals surface area contributed by atoms with Gasteiger partial charge in [-0.05, 0) is 34.1 Å². The van der Waals surface area contributed by atoms with E-state index in [-0.39, 0.29) is 5.75 Å². The van der Waals surface area contributed by atoms with E-state index < -0.39 is 0 Å². The summed E-state index contributed by atoms with van der Waals surface area (Å²) in [5, 5.41) is 9.35. The Labute approximate surface area is 105 Å². The normalized spacial score (nSPS) is 10.9. The summed E-state index contributed by atoms with van der Waals surface area (Å²) in [6.07, 6.45) is 3.37. The molecule has 0 amide bonds. The smallest absolute Gasteiger partial charge is 0.228 e. The average molecular weight is 291 g/mol. The molecule has 1 aromatic carbocycles. The number of phenols is 1. The van der Waals surface area contributed by atoms with Crippen molar-refractivity contribution in [1.82, 2.24) is 9.97 Å². The van der Waals surface area contributed by atoms with E-state index in [0.717, 1.165) is 10.0 Å². The summed E-state index contributed by atoms with van der Waals surface area (Å²) in [6.45, 7) is 0. The molecule has 0 saturated carbocycles. The third kappa shape index (κ3) is 1.89. The van der Waals surface area contributed by atoms with Crippen molar-refractivity contribution in [2.45, 2.75) is 0 Å². The topological polar surface area (TPSA) is 59.2 Å². The van der Waals surface area contributed by atoms with Crippen LogP contribution in [0.4, 0.5) is 0 Å². The summed E-state index contributed by atoms with van der Waals surface area (Å²) in [5.74, 6) is 0.657.